The summed E-state index contributed by atoms with van der Waals surface area (Å²) in [6.45, 7) is 0.145. The summed E-state index contributed by atoms with van der Waals surface area (Å²) in [4.78, 5) is 20.7. The highest BCUT2D eigenvalue weighted by Crippen LogP contribution is 2.27. The van der Waals surface area contributed by atoms with Gasteiger partial charge in [0.2, 0.25) is 0 Å². The Morgan fingerprint density at radius 1 is 1.00 bits per heavy atom. The van der Waals surface area contributed by atoms with Crippen LogP contribution in [-0.4, -0.2) is 57.1 Å². The first-order valence-electron chi connectivity index (χ1n) is 7.51. The summed E-state index contributed by atoms with van der Waals surface area (Å²) in [7, 11) is 0. The number of carbonyl (C=O) groups is 2. The van der Waals surface area contributed by atoms with Gasteiger partial charge < -0.3 is 37.6 Å². The Morgan fingerprint density at radius 3 is 1.85 bits per heavy atom. The van der Waals surface area contributed by atoms with Gasteiger partial charge in [0.15, 0.2) is 0 Å². The van der Waals surface area contributed by atoms with Gasteiger partial charge in [-0.2, -0.15) is 0 Å². The van der Waals surface area contributed by atoms with Crippen molar-refractivity contribution in [1.82, 2.24) is 0 Å². The molecule has 0 aliphatic heterocycles. The molecule has 0 bridgehead atoms. The zero-order valence-electron chi connectivity index (χ0n) is 13.8. The van der Waals surface area contributed by atoms with E-state index in [1.807, 2.05) is 45.2 Å². The van der Waals surface area contributed by atoms with Gasteiger partial charge >= 0.3 is 11.9 Å². The SMILES string of the molecule is NC[C@H](O)CC[C@H](N)C(=O)O.N[C@@H](Cc1cc(I)c(O)c(I)c1)C(=O)O. The number of phenols is 1. The van der Waals surface area contributed by atoms with Crippen molar-refractivity contribution in [2.75, 3.05) is 6.54 Å². The molecule has 0 heterocycles. The van der Waals surface area contributed by atoms with Gasteiger partial charge in [0.05, 0.1) is 13.2 Å². The van der Waals surface area contributed by atoms with Gasteiger partial charge in [0.25, 0.3) is 0 Å². The number of aliphatic carboxylic acids is 2. The first-order valence-corrected chi connectivity index (χ1v) is 9.67. The largest absolute Gasteiger partial charge is 0.506 e. The van der Waals surface area contributed by atoms with Crippen molar-refractivity contribution in [3.8, 4) is 5.75 Å². The monoisotopic (exact) mass is 595 g/mol. The van der Waals surface area contributed by atoms with E-state index in [0.717, 1.165) is 5.56 Å². The van der Waals surface area contributed by atoms with Gasteiger partial charge in [0, 0.05) is 6.54 Å². The highest BCUT2D eigenvalue weighted by molar-refractivity contribution is 14.1. The molecule has 0 unspecified atom stereocenters. The van der Waals surface area contributed by atoms with Crippen LogP contribution in [0.25, 0.3) is 0 Å². The normalized spacial score (nSPS) is 13.9. The van der Waals surface area contributed by atoms with E-state index in [1.54, 1.807) is 12.1 Å². The van der Waals surface area contributed by atoms with Crippen LogP contribution in [0.1, 0.15) is 18.4 Å². The lowest BCUT2D eigenvalue weighted by atomic mass is 10.1. The van der Waals surface area contributed by atoms with Gasteiger partial charge in [-0.15, -0.1) is 0 Å². The van der Waals surface area contributed by atoms with E-state index in [1.165, 1.54) is 0 Å². The Hall–Kier alpha value is -0.740. The number of halogens is 2. The molecule has 0 radical (unpaired) electrons. The third kappa shape index (κ3) is 9.82. The zero-order chi connectivity index (χ0) is 20.4. The molecule has 26 heavy (non-hydrogen) atoms. The Morgan fingerprint density at radius 2 is 1.46 bits per heavy atom. The number of benzene rings is 1. The predicted molar refractivity (Wildman–Crippen MR) is 113 cm³/mol. The van der Waals surface area contributed by atoms with Crippen molar-refractivity contribution in [2.24, 2.45) is 17.2 Å². The summed E-state index contributed by atoms with van der Waals surface area (Å²) >= 11 is 3.99. The van der Waals surface area contributed by atoms with Gasteiger partial charge in [-0.25, -0.2) is 0 Å². The molecule has 0 fully saturated rings. The van der Waals surface area contributed by atoms with E-state index in [-0.39, 0.29) is 25.1 Å². The van der Waals surface area contributed by atoms with Gasteiger partial charge in [-0.3, -0.25) is 9.59 Å². The minimum Gasteiger partial charge on any atom is -0.506 e. The van der Waals surface area contributed by atoms with Crippen molar-refractivity contribution in [3.05, 3.63) is 24.8 Å². The first kappa shape index (κ1) is 25.3. The van der Waals surface area contributed by atoms with Crippen molar-refractivity contribution >= 4 is 57.1 Å². The number of hydrogen-bond acceptors (Lipinski definition) is 7. The number of carboxylic acid groups (broad SMARTS) is 2. The number of aliphatic hydroxyl groups excluding tert-OH is 1. The fourth-order valence-corrected chi connectivity index (χ4v) is 3.59. The molecule has 9 nitrogen and oxygen atoms in total. The number of hydrogen-bond donors (Lipinski definition) is 7. The lowest BCUT2D eigenvalue weighted by Gasteiger charge is -2.09. The maximum atomic E-state index is 10.6. The van der Waals surface area contributed by atoms with Crippen LogP contribution in [0.2, 0.25) is 0 Å². The number of aliphatic hydroxyl groups is 1. The molecule has 3 atom stereocenters. The third-order valence-corrected chi connectivity index (χ3v) is 4.89. The summed E-state index contributed by atoms with van der Waals surface area (Å²) < 4.78 is 1.40. The number of rotatable bonds is 8. The predicted octanol–water partition coefficient (Wildman–Crippen LogP) is 0.0539. The Kier molecular flexibility index (Phi) is 12.3. The molecule has 1 aromatic carbocycles. The van der Waals surface area contributed by atoms with Crippen molar-refractivity contribution < 1.29 is 30.0 Å². The maximum absolute atomic E-state index is 10.6. The second kappa shape index (κ2) is 12.6. The average Bonchev–Trinajstić information content (AvgIpc) is 2.57. The van der Waals surface area contributed by atoms with Crippen LogP contribution in [-0.2, 0) is 16.0 Å². The summed E-state index contributed by atoms with van der Waals surface area (Å²) in [5.41, 5.74) is 16.5. The molecule has 1 rings (SSSR count). The van der Waals surface area contributed by atoms with Crippen molar-refractivity contribution in [1.29, 1.82) is 0 Å². The number of phenolic OH excluding ortho intramolecular Hbond substituents is 1. The van der Waals surface area contributed by atoms with Gasteiger partial charge in [-0.05, 0) is 82.1 Å². The molecule has 0 saturated carbocycles. The summed E-state index contributed by atoms with van der Waals surface area (Å²) in [5.74, 6) is -1.84. The Bertz CT molecular complexity index is 594. The quantitative estimate of drug-likeness (QED) is 0.204. The van der Waals surface area contributed by atoms with E-state index in [9.17, 15) is 14.7 Å². The zero-order valence-corrected chi connectivity index (χ0v) is 18.1. The third-order valence-electron chi connectivity index (χ3n) is 3.25. The van der Waals surface area contributed by atoms with E-state index < -0.39 is 30.1 Å². The summed E-state index contributed by atoms with van der Waals surface area (Å²) in [6, 6.07) is 1.68. The highest BCUT2D eigenvalue weighted by atomic mass is 127. The van der Waals surface area contributed by atoms with E-state index >= 15 is 0 Å². The number of nitrogens with two attached hydrogens (primary N) is 3. The van der Waals surface area contributed by atoms with Crippen LogP contribution >= 0.6 is 45.2 Å². The molecular weight excluding hydrogens is 572 g/mol. The average molecular weight is 595 g/mol. The van der Waals surface area contributed by atoms with Crippen LogP contribution in [0.5, 0.6) is 5.75 Å². The topological polar surface area (TPSA) is 193 Å². The van der Waals surface area contributed by atoms with Crippen molar-refractivity contribution in [3.63, 3.8) is 0 Å². The smallest absolute Gasteiger partial charge is 0.320 e. The minimum absolute atomic E-state index is 0.145. The molecule has 0 aromatic heterocycles. The van der Waals surface area contributed by atoms with Crippen LogP contribution in [0, 0.1) is 7.14 Å². The van der Waals surface area contributed by atoms with Gasteiger partial charge in [-0.1, -0.05) is 0 Å². The molecule has 0 amide bonds. The van der Waals surface area contributed by atoms with Crippen LogP contribution < -0.4 is 17.2 Å². The highest BCUT2D eigenvalue weighted by Gasteiger charge is 2.14. The Labute approximate surface area is 178 Å². The summed E-state index contributed by atoms with van der Waals surface area (Å²) in [6.07, 6.45) is 0.222. The fourth-order valence-electron chi connectivity index (χ4n) is 1.69. The number of carboxylic acids is 2. The molecule has 148 valence electrons. The molecule has 10 N–H and O–H groups in total. The van der Waals surface area contributed by atoms with E-state index in [2.05, 4.69) is 0 Å². The van der Waals surface area contributed by atoms with E-state index in [0.29, 0.717) is 13.6 Å². The molecule has 11 heteroatoms. The van der Waals surface area contributed by atoms with E-state index in [4.69, 9.17) is 32.5 Å². The number of aromatic hydroxyl groups is 1. The second-order valence-electron chi connectivity index (χ2n) is 5.47. The molecule has 0 saturated heterocycles. The standard InChI is InChI=1S/C9H9I2NO3.C6H14N2O3/c10-5-1-4(2-6(11)8(5)13)3-7(12)9(14)15;7-3-4(9)1-2-5(8)6(10)11/h1-2,7,13H,3,12H2,(H,14,15);4-5,9H,1-3,7-8H2,(H,10,11)/t7-;4-,5+/m01/s1. The molecule has 1 aromatic rings. The lowest BCUT2D eigenvalue weighted by Crippen LogP contribution is -2.32. The minimum atomic E-state index is -1.05. The van der Waals surface area contributed by atoms with Gasteiger partial charge in [0.1, 0.15) is 17.8 Å². The molecule has 0 spiro atoms. The van der Waals surface area contributed by atoms with Crippen molar-refractivity contribution in [2.45, 2.75) is 37.5 Å². The molecule has 0 aliphatic carbocycles. The van der Waals surface area contributed by atoms with Crippen LogP contribution in [0.3, 0.4) is 0 Å². The maximum Gasteiger partial charge on any atom is 0.320 e. The fraction of sp³-hybridized carbons (Fsp3) is 0.467. The molecular formula is C15H23I2N3O6. The Balaban J connectivity index is 0.000000508. The van der Waals surface area contributed by atoms with Crippen LogP contribution in [0.4, 0.5) is 0 Å². The van der Waals surface area contributed by atoms with Crippen LogP contribution in [0.15, 0.2) is 12.1 Å². The first-order chi connectivity index (χ1) is 12.0. The second-order valence-corrected chi connectivity index (χ2v) is 7.79. The molecule has 0 aliphatic rings. The summed E-state index contributed by atoms with van der Waals surface area (Å²) in [5, 5.41) is 35.4. The lowest BCUT2D eigenvalue weighted by molar-refractivity contribution is -0.139.